The van der Waals surface area contributed by atoms with Crippen molar-refractivity contribution in [1.82, 2.24) is 19.9 Å². The molecule has 1 N–H and O–H groups in total. The maximum absolute atomic E-state index is 11.9. The molecular formula is C19H23N5O. The Kier molecular flexibility index (Phi) is 5.38. The lowest BCUT2D eigenvalue weighted by Crippen LogP contribution is -2.39. The van der Waals surface area contributed by atoms with Gasteiger partial charge in [-0.15, -0.1) is 0 Å². The molecule has 1 aliphatic rings. The van der Waals surface area contributed by atoms with Gasteiger partial charge in [-0.3, -0.25) is 9.78 Å². The third-order valence-corrected chi connectivity index (χ3v) is 4.39. The molecule has 0 aliphatic carbocycles. The summed E-state index contributed by atoms with van der Waals surface area (Å²) >= 11 is 0. The van der Waals surface area contributed by atoms with E-state index < -0.39 is 0 Å². The van der Waals surface area contributed by atoms with Crippen LogP contribution in [0.3, 0.4) is 0 Å². The van der Waals surface area contributed by atoms with E-state index in [2.05, 4.69) is 26.8 Å². The minimum Gasteiger partial charge on any atom is -0.339 e. The van der Waals surface area contributed by atoms with E-state index in [0.717, 1.165) is 43.9 Å². The van der Waals surface area contributed by atoms with Gasteiger partial charge in [-0.2, -0.15) is 0 Å². The van der Waals surface area contributed by atoms with Crippen molar-refractivity contribution in [2.24, 2.45) is 5.92 Å². The van der Waals surface area contributed by atoms with Crippen LogP contribution in [0.2, 0.25) is 0 Å². The highest BCUT2D eigenvalue weighted by Gasteiger charge is 2.23. The van der Waals surface area contributed by atoms with E-state index in [9.17, 15) is 4.79 Å². The van der Waals surface area contributed by atoms with Crippen LogP contribution in [0, 0.1) is 5.92 Å². The molecule has 0 aromatic carbocycles. The molecule has 0 radical (unpaired) electrons. The molecule has 130 valence electrons. The van der Waals surface area contributed by atoms with Crippen LogP contribution < -0.4 is 5.32 Å². The van der Waals surface area contributed by atoms with E-state index >= 15 is 0 Å². The minimum absolute atomic E-state index is 0.0724. The Hall–Kier alpha value is -2.76. The van der Waals surface area contributed by atoms with Crippen LogP contribution in [0.5, 0.6) is 0 Å². The molecule has 2 aromatic rings. The van der Waals surface area contributed by atoms with Crippen LogP contribution in [0.15, 0.2) is 48.9 Å². The molecule has 0 bridgehead atoms. The van der Waals surface area contributed by atoms with E-state index in [1.165, 1.54) is 0 Å². The lowest BCUT2D eigenvalue weighted by atomic mass is 9.92. The van der Waals surface area contributed by atoms with Gasteiger partial charge in [0.1, 0.15) is 11.6 Å². The van der Waals surface area contributed by atoms with Crippen LogP contribution in [0.1, 0.15) is 25.5 Å². The van der Waals surface area contributed by atoms with Crippen LogP contribution >= 0.6 is 0 Å². The number of pyridine rings is 1. The van der Waals surface area contributed by atoms with Gasteiger partial charge in [-0.05, 0) is 44.2 Å². The topological polar surface area (TPSA) is 71.0 Å². The number of hydrogen-bond donors (Lipinski definition) is 1. The highest BCUT2D eigenvalue weighted by molar-refractivity contribution is 5.92. The van der Waals surface area contributed by atoms with E-state index in [1.54, 1.807) is 19.3 Å². The number of amides is 1. The van der Waals surface area contributed by atoms with Gasteiger partial charge in [-0.25, -0.2) is 9.97 Å². The normalized spacial score (nSPS) is 15.0. The molecule has 0 unspecified atom stereocenters. The lowest BCUT2D eigenvalue weighted by molar-refractivity contribution is -0.128. The Labute approximate surface area is 148 Å². The standard InChI is InChI=1S/C19H23N5O/c1-14(2)19(25)24-9-6-15(7-10-24)11-16-12-22-18(13-21-16)23-17-5-3-4-8-20-17/h3-5,8,12-13,15H,1,6-7,9-11H2,2H3,(H,20,22,23). The van der Waals surface area contributed by atoms with Crippen molar-refractivity contribution in [3.8, 4) is 0 Å². The highest BCUT2D eigenvalue weighted by Crippen LogP contribution is 2.22. The number of nitrogens with zero attached hydrogens (tertiary/aromatic N) is 4. The molecule has 1 saturated heterocycles. The Balaban J connectivity index is 1.51. The number of piperidine rings is 1. The van der Waals surface area contributed by atoms with E-state index in [0.29, 0.717) is 17.3 Å². The summed E-state index contributed by atoms with van der Waals surface area (Å²) in [5.74, 6) is 2.05. The summed E-state index contributed by atoms with van der Waals surface area (Å²) in [5.41, 5.74) is 1.59. The number of aromatic nitrogens is 3. The summed E-state index contributed by atoms with van der Waals surface area (Å²) in [4.78, 5) is 27.0. The molecule has 1 fully saturated rings. The predicted molar refractivity (Wildman–Crippen MR) is 97.4 cm³/mol. The lowest BCUT2D eigenvalue weighted by Gasteiger charge is -2.32. The highest BCUT2D eigenvalue weighted by atomic mass is 16.2. The molecule has 1 aliphatic heterocycles. The van der Waals surface area contributed by atoms with Gasteiger partial charge in [0.05, 0.1) is 18.1 Å². The number of nitrogens with one attached hydrogen (secondary N) is 1. The van der Waals surface area contributed by atoms with Crippen molar-refractivity contribution in [2.45, 2.75) is 26.2 Å². The molecule has 2 aromatic heterocycles. The number of likely N-dealkylation sites (tertiary alicyclic amines) is 1. The van der Waals surface area contributed by atoms with E-state index in [-0.39, 0.29) is 5.91 Å². The van der Waals surface area contributed by atoms with Gasteiger partial charge in [0.15, 0.2) is 0 Å². The minimum atomic E-state index is 0.0724. The van der Waals surface area contributed by atoms with Crippen LogP contribution in [0.25, 0.3) is 0 Å². The SMILES string of the molecule is C=C(C)C(=O)N1CCC(Cc2cnc(Nc3ccccn3)cn2)CC1. The summed E-state index contributed by atoms with van der Waals surface area (Å²) < 4.78 is 0. The maximum Gasteiger partial charge on any atom is 0.248 e. The maximum atomic E-state index is 11.9. The molecule has 1 amide bonds. The second-order valence-corrected chi connectivity index (χ2v) is 6.45. The third-order valence-electron chi connectivity index (χ3n) is 4.39. The molecule has 0 atom stereocenters. The smallest absolute Gasteiger partial charge is 0.248 e. The predicted octanol–water partition coefficient (Wildman–Crippen LogP) is 2.97. The van der Waals surface area contributed by atoms with Gasteiger partial charge in [0.2, 0.25) is 5.91 Å². The Bertz CT molecular complexity index is 721. The Morgan fingerprint density at radius 3 is 2.60 bits per heavy atom. The summed E-state index contributed by atoms with van der Waals surface area (Å²) in [7, 11) is 0. The van der Waals surface area contributed by atoms with Crippen molar-refractivity contribution in [3.05, 3.63) is 54.6 Å². The van der Waals surface area contributed by atoms with Gasteiger partial charge >= 0.3 is 0 Å². The zero-order valence-corrected chi connectivity index (χ0v) is 14.5. The van der Waals surface area contributed by atoms with Crippen molar-refractivity contribution >= 4 is 17.5 Å². The average Bonchev–Trinajstić information content (AvgIpc) is 2.64. The fourth-order valence-corrected chi connectivity index (χ4v) is 3.00. The van der Waals surface area contributed by atoms with Crippen molar-refractivity contribution < 1.29 is 4.79 Å². The van der Waals surface area contributed by atoms with Crippen molar-refractivity contribution in [1.29, 1.82) is 0 Å². The van der Waals surface area contributed by atoms with Gasteiger partial charge in [0.25, 0.3) is 0 Å². The van der Waals surface area contributed by atoms with Crippen LogP contribution in [-0.2, 0) is 11.2 Å². The molecule has 0 spiro atoms. The first-order valence-electron chi connectivity index (χ1n) is 8.55. The third kappa shape index (κ3) is 4.62. The van der Waals surface area contributed by atoms with Gasteiger partial charge < -0.3 is 10.2 Å². The first-order chi connectivity index (χ1) is 12.1. The molecule has 6 heteroatoms. The van der Waals surface area contributed by atoms with Crippen LogP contribution in [-0.4, -0.2) is 38.8 Å². The quantitative estimate of drug-likeness (QED) is 0.849. The van der Waals surface area contributed by atoms with Gasteiger partial charge in [-0.1, -0.05) is 12.6 Å². The number of carbonyl (C=O) groups excluding carboxylic acids is 1. The Morgan fingerprint density at radius 2 is 2.00 bits per heavy atom. The number of anilines is 2. The largest absolute Gasteiger partial charge is 0.339 e. The van der Waals surface area contributed by atoms with E-state index in [4.69, 9.17) is 0 Å². The second-order valence-electron chi connectivity index (χ2n) is 6.45. The van der Waals surface area contributed by atoms with Gasteiger partial charge in [0, 0.05) is 24.9 Å². The van der Waals surface area contributed by atoms with Crippen molar-refractivity contribution in [2.75, 3.05) is 18.4 Å². The second kappa shape index (κ2) is 7.88. The van der Waals surface area contributed by atoms with Crippen molar-refractivity contribution in [3.63, 3.8) is 0 Å². The first kappa shape index (κ1) is 17.1. The fourth-order valence-electron chi connectivity index (χ4n) is 3.00. The Morgan fingerprint density at radius 1 is 1.20 bits per heavy atom. The summed E-state index contributed by atoms with van der Waals surface area (Å²) in [5, 5.41) is 3.13. The van der Waals surface area contributed by atoms with Crippen LogP contribution in [0.4, 0.5) is 11.6 Å². The van der Waals surface area contributed by atoms with E-state index in [1.807, 2.05) is 29.3 Å². The molecule has 3 heterocycles. The molecule has 0 saturated carbocycles. The number of hydrogen-bond acceptors (Lipinski definition) is 5. The number of carbonyl (C=O) groups is 1. The summed E-state index contributed by atoms with van der Waals surface area (Å²) in [6.45, 7) is 7.09. The molecule has 3 rings (SSSR count). The molecule has 25 heavy (non-hydrogen) atoms. The number of rotatable bonds is 5. The average molecular weight is 337 g/mol. The zero-order chi connectivity index (χ0) is 17.6. The summed E-state index contributed by atoms with van der Waals surface area (Å²) in [6, 6.07) is 5.67. The molecular weight excluding hydrogens is 314 g/mol. The zero-order valence-electron chi connectivity index (χ0n) is 14.5. The fraction of sp³-hybridized carbons (Fsp3) is 0.368. The molecule has 6 nitrogen and oxygen atoms in total. The summed E-state index contributed by atoms with van der Waals surface area (Å²) in [6.07, 6.45) is 8.17. The monoisotopic (exact) mass is 337 g/mol. The first-order valence-corrected chi connectivity index (χ1v) is 8.55.